The Labute approximate surface area is 130 Å². The highest BCUT2D eigenvalue weighted by atomic mass is 32.2. The third kappa shape index (κ3) is 4.04. The zero-order valence-corrected chi connectivity index (χ0v) is 13.5. The zero-order valence-electron chi connectivity index (χ0n) is 12.7. The highest BCUT2D eigenvalue weighted by Crippen LogP contribution is 2.28. The van der Waals surface area contributed by atoms with Crippen LogP contribution in [0.3, 0.4) is 0 Å². The van der Waals surface area contributed by atoms with E-state index >= 15 is 0 Å². The minimum absolute atomic E-state index is 0.0502. The van der Waals surface area contributed by atoms with Crippen LogP contribution < -0.4 is 10.5 Å². The minimum atomic E-state index is -4.20. The number of carbonyl (C=O) groups is 1. The molecule has 3 N–H and O–H groups in total. The average molecular weight is 328 g/mol. The van der Waals surface area contributed by atoms with E-state index in [1.807, 2.05) is 0 Å². The SMILES string of the molecule is CC1CC(C)CC(NC(=O)c2ccc(F)c(S(N)(=O)=O)c2)C1. The fourth-order valence-corrected chi connectivity index (χ4v) is 3.83. The number of halogens is 1. The van der Waals surface area contributed by atoms with Gasteiger partial charge in [0.05, 0.1) is 0 Å². The Hall–Kier alpha value is -1.47. The summed E-state index contributed by atoms with van der Waals surface area (Å²) in [4.78, 5) is 11.6. The van der Waals surface area contributed by atoms with Crippen LogP contribution >= 0.6 is 0 Å². The van der Waals surface area contributed by atoms with Gasteiger partial charge in [-0.05, 0) is 49.3 Å². The third-order valence-corrected chi connectivity index (χ3v) is 4.94. The number of rotatable bonds is 3. The van der Waals surface area contributed by atoms with Gasteiger partial charge in [0, 0.05) is 11.6 Å². The summed E-state index contributed by atoms with van der Waals surface area (Å²) < 4.78 is 36.1. The highest BCUT2D eigenvalue weighted by molar-refractivity contribution is 7.89. The predicted octanol–water partition coefficient (Wildman–Crippen LogP) is 2.03. The molecule has 5 nitrogen and oxygen atoms in total. The molecule has 1 aliphatic rings. The number of amides is 1. The van der Waals surface area contributed by atoms with Crippen LogP contribution in [-0.4, -0.2) is 20.4 Å². The summed E-state index contributed by atoms with van der Waals surface area (Å²) in [6.45, 7) is 4.29. The number of hydrogen-bond donors (Lipinski definition) is 2. The van der Waals surface area contributed by atoms with Crippen molar-refractivity contribution < 1.29 is 17.6 Å². The molecule has 0 heterocycles. The number of hydrogen-bond acceptors (Lipinski definition) is 3. The third-order valence-electron chi connectivity index (χ3n) is 4.01. The minimum Gasteiger partial charge on any atom is -0.349 e. The average Bonchev–Trinajstić information content (AvgIpc) is 2.36. The molecule has 1 aliphatic carbocycles. The number of benzene rings is 1. The molecule has 1 amide bonds. The molecule has 0 bridgehead atoms. The van der Waals surface area contributed by atoms with Crippen molar-refractivity contribution in [3.8, 4) is 0 Å². The van der Waals surface area contributed by atoms with Crippen molar-refractivity contribution >= 4 is 15.9 Å². The van der Waals surface area contributed by atoms with Crippen molar-refractivity contribution in [1.82, 2.24) is 5.32 Å². The first kappa shape index (κ1) is 16.9. The maximum absolute atomic E-state index is 13.5. The van der Waals surface area contributed by atoms with Crippen LogP contribution in [0.1, 0.15) is 43.5 Å². The van der Waals surface area contributed by atoms with E-state index < -0.39 is 26.6 Å². The van der Waals surface area contributed by atoms with Gasteiger partial charge >= 0.3 is 0 Å². The van der Waals surface area contributed by atoms with E-state index in [0.717, 1.165) is 31.4 Å². The number of primary sulfonamides is 1. The van der Waals surface area contributed by atoms with Gasteiger partial charge in [-0.3, -0.25) is 4.79 Å². The fraction of sp³-hybridized carbons (Fsp3) is 0.533. The number of nitrogens with two attached hydrogens (primary N) is 1. The second-order valence-electron chi connectivity index (χ2n) is 6.28. The maximum atomic E-state index is 13.5. The van der Waals surface area contributed by atoms with Gasteiger partial charge in [0.1, 0.15) is 10.7 Å². The smallest absolute Gasteiger partial charge is 0.251 e. The van der Waals surface area contributed by atoms with Crippen molar-refractivity contribution in [2.75, 3.05) is 0 Å². The Bertz CT molecular complexity index is 665. The molecule has 2 atom stereocenters. The van der Waals surface area contributed by atoms with E-state index in [1.54, 1.807) is 0 Å². The molecule has 22 heavy (non-hydrogen) atoms. The molecule has 122 valence electrons. The predicted molar refractivity (Wildman–Crippen MR) is 81.2 cm³/mol. The summed E-state index contributed by atoms with van der Waals surface area (Å²) in [5, 5.41) is 7.84. The topological polar surface area (TPSA) is 89.3 Å². The van der Waals surface area contributed by atoms with Crippen molar-refractivity contribution in [2.45, 2.75) is 44.0 Å². The van der Waals surface area contributed by atoms with Crippen LogP contribution in [0.15, 0.2) is 23.1 Å². The summed E-state index contributed by atoms with van der Waals surface area (Å²) in [6, 6.07) is 3.24. The van der Waals surface area contributed by atoms with Crippen LogP contribution in [0.2, 0.25) is 0 Å². The largest absolute Gasteiger partial charge is 0.349 e. The van der Waals surface area contributed by atoms with Crippen LogP contribution in [0.25, 0.3) is 0 Å². The standard InChI is InChI=1S/C15H21FN2O3S/c1-9-5-10(2)7-12(6-9)18-15(19)11-3-4-13(16)14(8-11)22(17,20)21/h3-4,8-10,12H,5-7H2,1-2H3,(H,18,19)(H2,17,20,21). The molecular weight excluding hydrogens is 307 g/mol. The number of sulfonamides is 1. The second-order valence-corrected chi connectivity index (χ2v) is 7.81. The molecule has 1 saturated carbocycles. The van der Waals surface area contributed by atoms with E-state index in [4.69, 9.17) is 5.14 Å². The lowest BCUT2D eigenvalue weighted by Crippen LogP contribution is -2.40. The van der Waals surface area contributed by atoms with Crippen molar-refractivity contribution in [3.63, 3.8) is 0 Å². The Kier molecular flexibility index (Phi) is 4.87. The highest BCUT2D eigenvalue weighted by Gasteiger charge is 2.26. The van der Waals surface area contributed by atoms with Gasteiger partial charge in [0.25, 0.3) is 5.91 Å². The zero-order chi connectivity index (χ0) is 16.5. The lowest BCUT2D eigenvalue weighted by molar-refractivity contribution is 0.0911. The fourth-order valence-electron chi connectivity index (χ4n) is 3.20. The Morgan fingerprint density at radius 3 is 2.36 bits per heavy atom. The molecule has 2 rings (SSSR count). The van der Waals surface area contributed by atoms with Gasteiger partial charge in [-0.15, -0.1) is 0 Å². The summed E-state index contributed by atoms with van der Waals surface area (Å²) in [5.41, 5.74) is 0.0938. The van der Waals surface area contributed by atoms with Crippen molar-refractivity contribution in [3.05, 3.63) is 29.6 Å². The molecule has 0 radical (unpaired) electrons. The molecule has 7 heteroatoms. The summed E-state index contributed by atoms with van der Waals surface area (Å²) in [5.74, 6) is -0.306. The van der Waals surface area contributed by atoms with Crippen LogP contribution in [-0.2, 0) is 10.0 Å². The Balaban J connectivity index is 2.16. The molecule has 1 aromatic rings. The normalized spacial score (nSPS) is 25.7. The van der Waals surface area contributed by atoms with Crippen LogP contribution in [0, 0.1) is 17.7 Å². The van der Waals surface area contributed by atoms with Gasteiger partial charge in [-0.1, -0.05) is 13.8 Å². The molecule has 1 aromatic carbocycles. The van der Waals surface area contributed by atoms with E-state index in [1.165, 1.54) is 6.07 Å². The van der Waals surface area contributed by atoms with Crippen molar-refractivity contribution in [1.29, 1.82) is 0 Å². The lowest BCUT2D eigenvalue weighted by Gasteiger charge is -2.32. The maximum Gasteiger partial charge on any atom is 0.251 e. The van der Waals surface area contributed by atoms with Gasteiger partial charge in [0.2, 0.25) is 10.0 Å². The molecular formula is C15H21FN2O3S. The molecule has 1 fully saturated rings. The van der Waals surface area contributed by atoms with Gasteiger partial charge in [-0.25, -0.2) is 17.9 Å². The molecule has 0 spiro atoms. The summed E-state index contributed by atoms with van der Waals surface area (Å²) in [7, 11) is -4.20. The molecule has 0 saturated heterocycles. The summed E-state index contributed by atoms with van der Waals surface area (Å²) in [6.07, 6.45) is 2.91. The molecule has 0 aliphatic heterocycles. The lowest BCUT2D eigenvalue weighted by atomic mass is 9.80. The molecule has 2 unspecified atom stereocenters. The first-order valence-corrected chi connectivity index (χ1v) is 8.84. The van der Waals surface area contributed by atoms with E-state index in [0.29, 0.717) is 11.8 Å². The summed E-state index contributed by atoms with van der Waals surface area (Å²) >= 11 is 0. The van der Waals surface area contributed by atoms with Crippen molar-refractivity contribution in [2.24, 2.45) is 17.0 Å². The van der Waals surface area contributed by atoms with Gasteiger partial charge in [-0.2, -0.15) is 0 Å². The first-order chi connectivity index (χ1) is 10.2. The van der Waals surface area contributed by atoms with E-state index in [9.17, 15) is 17.6 Å². The monoisotopic (exact) mass is 328 g/mol. The Morgan fingerprint density at radius 2 is 1.82 bits per heavy atom. The first-order valence-electron chi connectivity index (χ1n) is 7.30. The second kappa shape index (κ2) is 6.34. The van der Waals surface area contributed by atoms with Gasteiger partial charge in [0.15, 0.2) is 0 Å². The molecule has 0 aromatic heterocycles. The number of nitrogens with one attached hydrogen (secondary N) is 1. The quantitative estimate of drug-likeness (QED) is 0.889. The van der Waals surface area contributed by atoms with E-state index in [-0.39, 0.29) is 11.6 Å². The van der Waals surface area contributed by atoms with Crippen LogP contribution in [0.4, 0.5) is 4.39 Å². The Morgan fingerprint density at radius 1 is 1.23 bits per heavy atom. The van der Waals surface area contributed by atoms with Crippen LogP contribution in [0.5, 0.6) is 0 Å². The van der Waals surface area contributed by atoms with E-state index in [2.05, 4.69) is 19.2 Å². The number of carbonyl (C=O) groups excluding carboxylic acids is 1. The van der Waals surface area contributed by atoms with Gasteiger partial charge < -0.3 is 5.32 Å².